The molecule has 28 heavy (non-hydrogen) atoms. The molecule has 2 aromatic rings. The van der Waals surface area contributed by atoms with Crippen molar-refractivity contribution in [1.29, 1.82) is 0 Å². The van der Waals surface area contributed by atoms with Crippen molar-refractivity contribution in [2.75, 3.05) is 37.6 Å². The highest BCUT2D eigenvalue weighted by Crippen LogP contribution is 2.24. The van der Waals surface area contributed by atoms with Crippen LogP contribution in [0.4, 0.5) is 14.5 Å². The van der Waals surface area contributed by atoms with Crippen molar-refractivity contribution in [3.8, 4) is 0 Å². The number of hydrogen-bond acceptors (Lipinski definition) is 3. The summed E-state index contributed by atoms with van der Waals surface area (Å²) in [4.78, 5) is 16.8. The Morgan fingerprint density at radius 1 is 1.11 bits per heavy atom. The van der Waals surface area contributed by atoms with E-state index in [-0.39, 0.29) is 18.0 Å². The molecule has 6 heteroatoms. The molecule has 2 aromatic carbocycles. The zero-order chi connectivity index (χ0) is 20.3. The van der Waals surface area contributed by atoms with Gasteiger partial charge in [0.2, 0.25) is 5.91 Å². The average molecular weight is 387 g/mol. The number of nitrogens with zero attached hydrogens (tertiary/aromatic N) is 2. The van der Waals surface area contributed by atoms with E-state index >= 15 is 0 Å². The molecular weight excluding hydrogens is 360 g/mol. The van der Waals surface area contributed by atoms with Gasteiger partial charge in [-0.1, -0.05) is 18.2 Å². The number of nitrogens with one attached hydrogen (secondary N) is 1. The molecule has 1 amide bonds. The van der Waals surface area contributed by atoms with E-state index < -0.39 is 17.7 Å². The number of amides is 1. The number of benzene rings is 2. The van der Waals surface area contributed by atoms with E-state index in [1.807, 2.05) is 0 Å². The minimum atomic E-state index is -0.644. The van der Waals surface area contributed by atoms with Crippen LogP contribution >= 0.6 is 0 Å². The van der Waals surface area contributed by atoms with Crippen molar-refractivity contribution in [3.63, 3.8) is 0 Å². The Kier molecular flexibility index (Phi) is 6.29. The first kappa shape index (κ1) is 20.3. The standard InChI is InChI=1S/C22H27F2N3O/c1-15-5-4-6-21(16(15)2)27-11-9-26(10-12-27)14-22(28)25-17(3)19-8-7-18(23)13-20(19)24/h4-8,13,17H,9-12,14H2,1-3H3,(H,25,28)/t17-/m0/s1. The number of hydrogen-bond donors (Lipinski definition) is 1. The Morgan fingerprint density at radius 3 is 2.50 bits per heavy atom. The lowest BCUT2D eigenvalue weighted by Crippen LogP contribution is -2.49. The summed E-state index contributed by atoms with van der Waals surface area (Å²) in [7, 11) is 0. The molecule has 3 rings (SSSR count). The Balaban J connectivity index is 1.51. The summed E-state index contributed by atoms with van der Waals surface area (Å²) in [5.74, 6) is -1.42. The van der Waals surface area contributed by atoms with E-state index in [9.17, 15) is 13.6 Å². The van der Waals surface area contributed by atoms with E-state index in [0.717, 1.165) is 32.2 Å². The van der Waals surface area contributed by atoms with E-state index in [2.05, 4.69) is 47.2 Å². The van der Waals surface area contributed by atoms with Gasteiger partial charge in [-0.15, -0.1) is 0 Å². The van der Waals surface area contributed by atoms with E-state index in [1.165, 1.54) is 28.9 Å². The minimum absolute atomic E-state index is 0.156. The lowest BCUT2D eigenvalue weighted by atomic mass is 10.1. The molecule has 1 N–H and O–H groups in total. The van der Waals surface area contributed by atoms with Crippen LogP contribution in [0.1, 0.15) is 29.7 Å². The number of carbonyl (C=O) groups is 1. The highest BCUT2D eigenvalue weighted by atomic mass is 19.1. The third kappa shape index (κ3) is 4.68. The molecule has 0 saturated carbocycles. The molecule has 0 spiro atoms. The molecule has 1 fully saturated rings. The van der Waals surface area contributed by atoms with Gasteiger partial charge < -0.3 is 10.2 Å². The third-order valence-corrected chi connectivity index (χ3v) is 5.46. The summed E-state index contributed by atoms with van der Waals surface area (Å²) in [5, 5.41) is 2.81. The smallest absolute Gasteiger partial charge is 0.234 e. The van der Waals surface area contributed by atoms with Gasteiger partial charge >= 0.3 is 0 Å². The maximum Gasteiger partial charge on any atom is 0.234 e. The van der Waals surface area contributed by atoms with Gasteiger partial charge in [-0.3, -0.25) is 9.69 Å². The number of rotatable bonds is 5. The maximum absolute atomic E-state index is 13.9. The molecule has 1 atom stereocenters. The molecule has 1 saturated heterocycles. The van der Waals surface area contributed by atoms with Crippen LogP contribution in [0.5, 0.6) is 0 Å². The van der Waals surface area contributed by atoms with Gasteiger partial charge in [0.15, 0.2) is 0 Å². The van der Waals surface area contributed by atoms with Gasteiger partial charge in [0.25, 0.3) is 0 Å². The second kappa shape index (κ2) is 8.69. The number of carbonyl (C=O) groups excluding carboxylic acids is 1. The Hall–Kier alpha value is -2.47. The first-order valence-electron chi connectivity index (χ1n) is 9.63. The second-order valence-corrected chi connectivity index (χ2v) is 7.44. The zero-order valence-corrected chi connectivity index (χ0v) is 16.6. The predicted octanol–water partition coefficient (Wildman–Crippen LogP) is 3.58. The molecule has 150 valence electrons. The molecule has 1 aliphatic rings. The molecular formula is C22H27F2N3O. The minimum Gasteiger partial charge on any atom is -0.369 e. The lowest BCUT2D eigenvalue weighted by molar-refractivity contribution is -0.123. The molecule has 1 aliphatic heterocycles. The van der Waals surface area contributed by atoms with E-state index in [4.69, 9.17) is 0 Å². The van der Waals surface area contributed by atoms with Crippen LogP contribution in [0.2, 0.25) is 0 Å². The maximum atomic E-state index is 13.9. The fraction of sp³-hybridized carbons (Fsp3) is 0.409. The largest absolute Gasteiger partial charge is 0.369 e. The predicted molar refractivity (Wildman–Crippen MR) is 107 cm³/mol. The van der Waals surface area contributed by atoms with E-state index in [0.29, 0.717) is 0 Å². The van der Waals surface area contributed by atoms with Crippen LogP contribution in [0.15, 0.2) is 36.4 Å². The van der Waals surface area contributed by atoms with Gasteiger partial charge in [0.1, 0.15) is 11.6 Å². The van der Waals surface area contributed by atoms with E-state index in [1.54, 1.807) is 6.92 Å². The molecule has 0 aliphatic carbocycles. The Bertz CT molecular complexity index is 848. The van der Waals surface area contributed by atoms with Gasteiger partial charge in [-0.05, 0) is 44.0 Å². The van der Waals surface area contributed by atoms with Gasteiger partial charge in [0, 0.05) is 43.5 Å². The third-order valence-electron chi connectivity index (χ3n) is 5.46. The molecule has 1 heterocycles. The monoisotopic (exact) mass is 387 g/mol. The number of piperazine rings is 1. The van der Waals surface area contributed by atoms with Crippen molar-refractivity contribution >= 4 is 11.6 Å². The van der Waals surface area contributed by atoms with Crippen LogP contribution in [-0.4, -0.2) is 43.5 Å². The van der Waals surface area contributed by atoms with Crippen molar-refractivity contribution in [2.45, 2.75) is 26.8 Å². The first-order chi connectivity index (χ1) is 13.3. The summed E-state index contributed by atoms with van der Waals surface area (Å²) in [6, 6.07) is 9.24. The SMILES string of the molecule is Cc1cccc(N2CCN(CC(=O)N[C@@H](C)c3ccc(F)cc3F)CC2)c1C. The van der Waals surface area contributed by atoms with Gasteiger partial charge in [0.05, 0.1) is 12.6 Å². The van der Waals surface area contributed by atoms with Crippen molar-refractivity contribution < 1.29 is 13.6 Å². The number of anilines is 1. The summed E-state index contributed by atoms with van der Waals surface area (Å²) in [6.45, 7) is 9.53. The second-order valence-electron chi connectivity index (χ2n) is 7.44. The van der Waals surface area contributed by atoms with Crippen LogP contribution in [0.3, 0.4) is 0 Å². The van der Waals surface area contributed by atoms with Crippen LogP contribution in [-0.2, 0) is 4.79 Å². The zero-order valence-electron chi connectivity index (χ0n) is 16.6. The summed E-state index contributed by atoms with van der Waals surface area (Å²) in [6.07, 6.45) is 0. The average Bonchev–Trinajstić information content (AvgIpc) is 2.64. The fourth-order valence-corrected chi connectivity index (χ4v) is 3.65. The molecule has 0 aromatic heterocycles. The van der Waals surface area contributed by atoms with Crippen molar-refractivity contribution in [2.24, 2.45) is 0 Å². The first-order valence-corrected chi connectivity index (χ1v) is 9.63. The molecule has 0 bridgehead atoms. The Labute approximate surface area is 165 Å². The summed E-state index contributed by atoms with van der Waals surface area (Å²) >= 11 is 0. The molecule has 0 radical (unpaired) electrons. The van der Waals surface area contributed by atoms with Crippen LogP contribution in [0.25, 0.3) is 0 Å². The number of aryl methyl sites for hydroxylation is 1. The summed E-state index contributed by atoms with van der Waals surface area (Å²) < 4.78 is 26.9. The van der Waals surface area contributed by atoms with Crippen molar-refractivity contribution in [3.05, 3.63) is 64.7 Å². The molecule has 4 nitrogen and oxygen atoms in total. The quantitative estimate of drug-likeness (QED) is 0.852. The molecule has 0 unspecified atom stereocenters. The lowest BCUT2D eigenvalue weighted by Gasteiger charge is -2.36. The van der Waals surface area contributed by atoms with Crippen LogP contribution < -0.4 is 10.2 Å². The highest BCUT2D eigenvalue weighted by Gasteiger charge is 2.21. The van der Waals surface area contributed by atoms with Crippen molar-refractivity contribution in [1.82, 2.24) is 10.2 Å². The fourth-order valence-electron chi connectivity index (χ4n) is 3.65. The highest BCUT2D eigenvalue weighted by molar-refractivity contribution is 5.78. The summed E-state index contributed by atoms with van der Waals surface area (Å²) in [5.41, 5.74) is 4.11. The number of halogens is 2. The Morgan fingerprint density at radius 2 is 1.82 bits per heavy atom. The topological polar surface area (TPSA) is 35.6 Å². The van der Waals surface area contributed by atoms with Gasteiger partial charge in [-0.25, -0.2) is 8.78 Å². The van der Waals surface area contributed by atoms with Gasteiger partial charge in [-0.2, -0.15) is 0 Å². The normalized spacial score (nSPS) is 16.1. The van der Waals surface area contributed by atoms with Crippen LogP contribution in [0, 0.1) is 25.5 Å².